The molecule has 10 heteroatoms. The molecule has 0 radical (unpaired) electrons. The number of hydrogen-bond donors (Lipinski definition) is 0. The second-order valence-corrected chi connectivity index (χ2v) is 7.16. The second kappa shape index (κ2) is 8.39. The fourth-order valence-electron chi connectivity index (χ4n) is 2.99. The smallest absolute Gasteiger partial charge is 0.419 e. The molecule has 0 N–H and O–H groups in total. The van der Waals surface area contributed by atoms with E-state index >= 15 is 0 Å². The van der Waals surface area contributed by atoms with E-state index < -0.39 is 0 Å². The highest BCUT2D eigenvalue weighted by Gasteiger charge is 2.15. The van der Waals surface area contributed by atoms with Gasteiger partial charge < -0.3 is 13.9 Å². The van der Waals surface area contributed by atoms with Crippen LogP contribution in [0.15, 0.2) is 56.8 Å². The lowest BCUT2D eigenvalue weighted by Crippen LogP contribution is -2.14. The van der Waals surface area contributed by atoms with Crippen LogP contribution < -0.4 is 15.2 Å². The minimum Gasteiger partial charge on any atom is -0.497 e. The first kappa shape index (κ1) is 19.1. The van der Waals surface area contributed by atoms with Crippen LogP contribution in [0.25, 0.3) is 16.8 Å². The molecule has 0 amide bonds. The third-order valence-corrected chi connectivity index (χ3v) is 5.39. The van der Waals surface area contributed by atoms with E-state index in [0.29, 0.717) is 34.5 Å². The van der Waals surface area contributed by atoms with E-state index in [2.05, 4.69) is 15.5 Å². The van der Waals surface area contributed by atoms with Gasteiger partial charge in [-0.2, -0.15) is 4.68 Å². The zero-order valence-electron chi connectivity index (χ0n) is 15.9. The SMILES string of the molecule is COc1ccc(OC)c(-n2nnnc2SCCCn2c(=O)oc3ccccc32)c1. The highest BCUT2D eigenvalue weighted by atomic mass is 32.2. The molecule has 0 spiro atoms. The summed E-state index contributed by atoms with van der Waals surface area (Å²) >= 11 is 1.50. The standard InChI is InChI=1S/C19H19N5O4S/c1-26-13-8-9-16(27-2)15(12-13)24-18(20-21-22-24)29-11-5-10-23-14-6-3-4-7-17(14)28-19(23)25/h3-4,6-9,12H,5,10-11H2,1-2H3. The van der Waals surface area contributed by atoms with Gasteiger partial charge in [-0.1, -0.05) is 23.9 Å². The maximum atomic E-state index is 12.1. The number of aromatic nitrogens is 5. The molecule has 2 heterocycles. The van der Waals surface area contributed by atoms with E-state index in [4.69, 9.17) is 13.9 Å². The quantitative estimate of drug-likeness (QED) is 0.321. The molecule has 0 bridgehead atoms. The Bertz CT molecular complexity index is 1180. The molecule has 0 fully saturated rings. The molecular weight excluding hydrogens is 394 g/mol. The van der Waals surface area contributed by atoms with E-state index in [0.717, 1.165) is 17.7 Å². The van der Waals surface area contributed by atoms with Crippen molar-refractivity contribution in [2.24, 2.45) is 0 Å². The Kier molecular flexibility index (Phi) is 5.52. The van der Waals surface area contributed by atoms with Crippen LogP contribution in [-0.2, 0) is 6.54 Å². The summed E-state index contributed by atoms with van der Waals surface area (Å²) in [5, 5.41) is 12.6. The van der Waals surface area contributed by atoms with Crippen LogP contribution in [0.4, 0.5) is 0 Å². The van der Waals surface area contributed by atoms with E-state index in [1.165, 1.54) is 11.8 Å². The Morgan fingerprint density at radius 2 is 2.00 bits per heavy atom. The average Bonchev–Trinajstić information content (AvgIpc) is 3.34. The summed E-state index contributed by atoms with van der Waals surface area (Å²) in [7, 11) is 3.19. The van der Waals surface area contributed by atoms with Gasteiger partial charge in [-0.25, -0.2) is 4.79 Å². The number of tetrazole rings is 1. The van der Waals surface area contributed by atoms with E-state index in [-0.39, 0.29) is 5.76 Å². The van der Waals surface area contributed by atoms with Gasteiger partial charge in [0.15, 0.2) is 5.58 Å². The zero-order chi connectivity index (χ0) is 20.2. The molecule has 0 aliphatic carbocycles. The maximum Gasteiger partial charge on any atom is 0.419 e. The Labute approximate surface area is 170 Å². The monoisotopic (exact) mass is 413 g/mol. The van der Waals surface area contributed by atoms with Crippen molar-refractivity contribution in [2.45, 2.75) is 18.1 Å². The number of thioether (sulfide) groups is 1. The molecule has 2 aromatic heterocycles. The molecule has 9 nitrogen and oxygen atoms in total. The molecule has 4 rings (SSSR count). The fraction of sp³-hybridized carbons (Fsp3) is 0.263. The number of nitrogens with zero attached hydrogens (tertiary/aromatic N) is 5. The number of oxazole rings is 1. The van der Waals surface area contributed by atoms with Crippen molar-refractivity contribution in [3.05, 3.63) is 53.0 Å². The minimum absolute atomic E-state index is 0.345. The lowest BCUT2D eigenvalue weighted by atomic mass is 10.3. The molecule has 0 saturated heterocycles. The first-order valence-electron chi connectivity index (χ1n) is 8.93. The zero-order valence-corrected chi connectivity index (χ0v) is 16.8. The van der Waals surface area contributed by atoms with Crippen molar-refractivity contribution in [3.8, 4) is 17.2 Å². The van der Waals surface area contributed by atoms with Gasteiger partial charge in [-0.3, -0.25) is 4.57 Å². The normalized spacial score (nSPS) is 11.1. The van der Waals surface area contributed by atoms with Crippen molar-refractivity contribution in [2.75, 3.05) is 20.0 Å². The van der Waals surface area contributed by atoms with Crippen molar-refractivity contribution < 1.29 is 13.9 Å². The van der Waals surface area contributed by atoms with Crippen LogP contribution >= 0.6 is 11.8 Å². The molecule has 0 aliphatic rings. The molecule has 0 unspecified atom stereocenters. The molecule has 0 saturated carbocycles. The van der Waals surface area contributed by atoms with Crippen LogP contribution in [0.2, 0.25) is 0 Å². The second-order valence-electron chi connectivity index (χ2n) is 6.10. The van der Waals surface area contributed by atoms with Gasteiger partial charge in [0.1, 0.15) is 17.2 Å². The van der Waals surface area contributed by atoms with E-state index in [1.807, 2.05) is 30.3 Å². The summed E-state index contributed by atoms with van der Waals surface area (Å²) in [5.41, 5.74) is 2.09. The van der Waals surface area contributed by atoms with Crippen LogP contribution in [0.1, 0.15) is 6.42 Å². The fourth-order valence-corrected chi connectivity index (χ4v) is 3.80. The molecule has 29 heavy (non-hydrogen) atoms. The number of fused-ring (bicyclic) bond motifs is 1. The highest BCUT2D eigenvalue weighted by molar-refractivity contribution is 7.99. The predicted octanol–water partition coefficient (Wildman–Crippen LogP) is 2.77. The van der Waals surface area contributed by atoms with Gasteiger partial charge in [-0.15, -0.1) is 5.10 Å². The van der Waals surface area contributed by atoms with Gasteiger partial charge in [-0.05, 0) is 41.1 Å². The topological polar surface area (TPSA) is 97.2 Å². The Morgan fingerprint density at radius 3 is 2.83 bits per heavy atom. The van der Waals surface area contributed by atoms with Gasteiger partial charge in [0.25, 0.3) is 0 Å². The summed E-state index contributed by atoms with van der Waals surface area (Å²) < 4.78 is 19.2. The van der Waals surface area contributed by atoms with Gasteiger partial charge in [0.2, 0.25) is 5.16 Å². The summed E-state index contributed by atoms with van der Waals surface area (Å²) in [6.45, 7) is 0.549. The number of benzene rings is 2. The van der Waals surface area contributed by atoms with Crippen LogP contribution in [-0.4, -0.2) is 44.7 Å². The number of rotatable bonds is 8. The van der Waals surface area contributed by atoms with Crippen LogP contribution in [0.3, 0.4) is 0 Å². The maximum absolute atomic E-state index is 12.1. The summed E-state index contributed by atoms with van der Waals surface area (Å²) in [4.78, 5) is 12.1. The molecule has 150 valence electrons. The van der Waals surface area contributed by atoms with Gasteiger partial charge in [0.05, 0.1) is 19.7 Å². The highest BCUT2D eigenvalue weighted by Crippen LogP contribution is 2.29. The van der Waals surface area contributed by atoms with Gasteiger partial charge in [0, 0.05) is 18.4 Å². The van der Waals surface area contributed by atoms with Crippen LogP contribution in [0.5, 0.6) is 11.5 Å². The Balaban J connectivity index is 1.47. The molecule has 0 aliphatic heterocycles. The first-order valence-corrected chi connectivity index (χ1v) is 9.92. The number of methoxy groups -OCH3 is 2. The number of aryl methyl sites for hydroxylation is 1. The Morgan fingerprint density at radius 1 is 1.14 bits per heavy atom. The van der Waals surface area contributed by atoms with Crippen molar-refractivity contribution in [1.29, 1.82) is 0 Å². The number of para-hydroxylation sites is 2. The minimum atomic E-state index is -0.345. The predicted molar refractivity (Wildman–Crippen MR) is 108 cm³/mol. The van der Waals surface area contributed by atoms with E-state index in [1.54, 1.807) is 35.6 Å². The van der Waals surface area contributed by atoms with Crippen LogP contribution in [0, 0.1) is 0 Å². The van der Waals surface area contributed by atoms with Crippen molar-refractivity contribution in [3.63, 3.8) is 0 Å². The van der Waals surface area contributed by atoms with Crippen molar-refractivity contribution in [1.82, 2.24) is 24.8 Å². The molecular formula is C19H19N5O4S. The summed E-state index contributed by atoms with van der Waals surface area (Å²) in [6, 6.07) is 12.8. The van der Waals surface area contributed by atoms with Crippen molar-refractivity contribution >= 4 is 22.9 Å². The third kappa shape index (κ3) is 3.83. The summed E-state index contributed by atoms with van der Waals surface area (Å²) in [5.74, 6) is 1.69. The third-order valence-electron chi connectivity index (χ3n) is 4.39. The molecule has 0 atom stereocenters. The largest absolute Gasteiger partial charge is 0.497 e. The Hall–Kier alpha value is -3.27. The number of hydrogen-bond acceptors (Lipinski definition) is 8. The lowest BCUT2D eigenvalue weighted by Gasteiger charge is -2.11. The molecule has 4 aromatic rings. The van der Waals surface area contributed by atoms with Gasteiger partial charge >= 0.3 is 5.76 Å². The van der Waals surface area contributed by atoms with E-state index in [9.17, 15) is 4.79 Å². The lowest BCUT2D eigenvalue weighted by molar-refractivity contribution is 0.399. The average molecular weight is 413 g/mol. The summed E-state index contributed by atoms with van der Waals surface area (Å²) in [6.07, 6.45) is 0.746. The first-order chi connectivity index (χ1) is 14.2. The molecule has 2 aromatic carbocycles. The number of ether oxygens (including phenoxy) is 2.